The third-order valence-corrected chi connectivity index (χ3v) is 7.13. The minimum atomic E-state index is -3.14. The molecule has 1 aromatic carbocycles. The first kappa shape index (κ1) is 21.8. The SMILES string of the molecule is CCNC(=NCCN1CCc2sccc2C1)NCCc1ccc(S(C)(=O)=O)cc1. The Labute approximate surface area is 178 Å². The number of nitrogens with one attached hydrogen (secondary N) is 2. The van der Waals surface area contributed by atoms with Gasteiger partial charge in [0.1, 0.15) is 0 Å². The number of nitrogens with zero attached hydrogens (tertiary/aromatic N) is 2. The number of hydrogen-bond donors (Lipinski definition) is 2. The van der Waals surface area contributed by atoms with Crippen LogP contribution in [0.2, 0.25) is 0 Å². The van der Waals surface area contributed by atoms with Crippen molar-refractivity contribution in [2.75, 3.05) is 39.0 Å². The number of benzene rings is 1. The van der Waals surface area contributed by atoms with Gasteiger partial charge in [-0.05, 0) is 54.5 Å². The minimum absolute atomic E-state index is 0.358. The Morgan fingerprint density at radius 3 is 2.72 bits per heavy atom. The van der Waals surface area contributed by atoms with Crippen molar-refractivity contribution in [2.45, 2.75) is 31.2 Å². The molecule has 0 spiro atoms. The quantitative estimate of drug-likeness (QED) is 0.493. The second-order valence-electron chi connectivity index (χ2n) is 7.25. The molecule has 0 unspecified atom stereocenters. The van der Waals surface area contributed by atoms with E-state index in [-0.39, 0.29) is 0 Å². The number of aliphatic imine (C=N–C) groups is 1. The van der Waals surface area contributed by atoms with Crippen LogP contribution in [0.5, 0.6) is 0 Å². The summed E-state index contributed by atoms with van der Waals surface area (Å²) in [4.78, 5) is 9.06. The average molecular weight is 435 g/mol. The van der Waals surface area contributed by atoms with Gasteiger partial charge in [-0.15, -0.1) is 11.3 Å². The van der Waals surface area contributed by atoms with Crippen LogP contribution in [-0.2, 0) is 29.2 Å². The lowest BCUT2D eigenvalue weighted by Gasteiger charge is -2.26. The fourth-order valence-electron chi connectivity index (χ4n) is 3.37. The molecule has 158 valence electrons. The summed E-state index contributed by atoms with van der Waals surface area (Å²) in [7, 11) is -3.14. The van der Waals surface area contributed by atoms with Gasteiger partial charge >= 0.3 is 0 Å². The summed E-state index contributed by atoms with van der Waals surface area (Å²) in [6.45, 7) is 7.47. The highest BCUT2D eigenvalue weighted by molar-refractivity contribution is 7.90. The van der Waals surface area contributed by atoms with Crippen LogP contribution in [0.15, 0.2) is 45.6 Å². The summed E-state index contributed by atoms with van der Waals surface area (Å²) in [6.07, 6.45) is 3.18. The maximum absolute atomic E-state index is 11.5. The van der Waals surface area contributed by atoms with E-state index >= 15 is 0 Å². The van der Waals surface area contributed by atoms with Crippen molar-refractivity contribution in [1.82, 2.24) is 15.5 Å². The molecule has 0 fully saturated rings. The van der Waals surface area contributed by atoms with Crippen molar-refractivity contribution in [3.8, 4) is 0 Å². The molecule has 0 amide bonds. The Kier molecular flexibility index (Phi) is 7.69. The molecule has 0 atom stereocenters. The summed E-state index contributed by atoms with van der Waals surface area (Å²) >= 11 is 1.87. The van der Waals surface area contributed by atoms with Crippen molar-refractivity contribution in [2.24, 2.45) is 4.99 Å². The summed E-state index contributed by atoms with van der Waals surface area (Å²) in [5.74, 6) is 0.827. The monoisotopic (exact) mass is 434 g/mol. The van der Waals surface area contributed by atoms with Gasteiger partial charge in [-0.3, -0.25) is 9.89 Å². The number of guanidine groups is 1. The van der Waals surface area contributed by atoms with Crippen molar-refractivity contribution >= 4 is 27.1 Å². The molecule has 8 heteroatoms. The molecular weight excluding hydrogens is 404 g/mol. The lowest BCUT2D eigenvalue weighted by molar-refractivity contribution is 0.263. The maximum Gasteiger partial charge on any atom is 0.191 e. The van der Waals surface area contributed by atoms with Gasteiger partial charge in [0.2, 0.25) is 0 Å². The highest BCUT2D eigenvalue weighted by atomic mass is 32.2. The maximum atomic E-state index is 11.5. The molecule has 1 aromatic heterocycles. The predicted octanol–water partition coefficient (Wildman–Crippen LogP) is 2.31. The Bertz CT molecular complexity index is 920. The zero-order valence-corrected chi connectivity index (χ0v) is 18.8. The first-order chi connectivity index (χ1) is 14.0. The summed E-state index contributed by atoms with van der Waals surface area (Å²) in [5.41, 5.74) is 2.57. The normalized spacial score (nSPS) is 15.2. The van der Waals surface area contributed by atoms with Crippen LogP contribution in [0.25, 0.3) is 0 Å². The predicted molar refractivity (Wildman–Crippen MR) is 121 cm³/mol. The van der Waals surface area contributed by atoms with Gasteiger partial charge in [0.05, 0.1) is 11.4 Å². The number of fused-ring (bicyclic) bond motifs is 1. The molecule has 29 heavy (non-hydrogen) atoms. The van der Waals surface area contributed by atoms with Gasteiger partial charge in [0.25, 0.3) is 0 Å². The van der Waals surface area contributed by atoms with E-state index in [0.29, 0.717) is 4.90 Å². The van der Waals surface area contributed by atoms with Crippen LogP contribution in [0, 0.1) is 0 Å². The zero-order chi connectivity index (χ0) is 20.7. The topological polar surface area (TPSA) is 73.8 Å². The lowest BCUT2D eigenvalue weighted by atomic mass is 10.1. The Hall–Kier alpha value is -1.90. The summed E-state index contributed by atoms with van der Waals surface area (Å²) in [5, 5.41) is 8.85. The molecule has 2 N–H and O–H groups in total. The first-order valence-electron chi connectivity index (χ1n) is 10.0. The molecule has 0 saturated carbocycles. The first-order valence-corrected chi connectivity index (χ1v) is 12.8. The fourth-order valence-corrected chi connectivity index (χ4v) is 4.89. The van der Waals surface area contributed by atoms with Gasteiger partial charge in [-0.25, -0.2) is 8.42 Å². The van der Waals surface area contributed by atoms with E-state index in [1.807, 2.05) is 23.5 Å². The fraction of sp³-hybridized carbons (Fsp3) is 0.476. The van der Waals surface area contributed by atoms with Crippen molar-refractivity contribution < 1.29 is 8.42 Å². The van der Waals surface area contributed by atoms with Gasteiger partial charge in [0.15, 0.2) is 15.8 Å². The van der Waals surface area contributed by atoms with E-state index in [1.54, 1.807) is 12.1 Å². The molecule has 0 radical (unpaired) electrons. The molecule has 2 aromatic rings. The molecule has 0 saturated heterocycles. The molecule has 1 aliphatic rings. The molecule has 0 aliphatic carbocycles. The van der Waals surface area contributed by atoms with Crippen molar-refractivity contribution in [1.29, 1.82) is 0 Å². The third kappa shape index (κ3) is 6.55. The largest absolute Gasteiger partial charge is 0.357 e. The summed E-state index contributed by atoms with van der Waals surface area (Å²) < 4.78 is 23.1. The highest BCUT2D eigenvalue weighted by Crippen LogP contribution is 2.23. The molecule has 2 heterocycles. The van der Waals surface area contributed by atoms with Gasteiger partial charge in [-0.1, -0.05) is 12.1 Å². The second-order valence-corrected chi connectivity index (χ2v) is 10.3. The van der Waals surface area contributed by atoms with E-state index in [0.717, 1.165) is 63.6 Å². The van der Waals surface area contributed by atoms with Crippen LogP contribution < -0.4 is 10.6 Å². The Morgan fingerprint density at radius 1 is 1.21 bits per heavy atom. The second kappa shape index (κ2) is 10.2. The Morgan fingerprint density at radius 2 is 2.00 bits per heavy atom. The van der Waals surface area contributed by atoms with Gasteiger partial charge < -0.3 is 10.6 Å². The van der Waals surface area contributed by atoms with Crippen molar-refractivity contribution in [3.05, 3.63) is 51.7 Å². The van der Waals surface area contributed by atoms with Crippen molar-refractivity contribution in [3.63, 3.8) is 0 Å². The smallest absolute Gasteiger partial charge is 0.191 e. The van der Waals surface area contributed by atoms with E-state index in [4.69, 9.17) is 4.99 Å². The molecular formula is C21H30N4O2S2. The average Bonchev–Trinajstić information content (AvgIpc) is 3.15. The summed E-state index contributed by atoms with van der Waals surface area (Å²) in [6, 6.07) is 9.32. The number of sulfone groups is 1. The molecule has 1 aliphatic heterocycles. The number of rotatable bonds is 8. The van der Waals surface area contributed by atoms with Crippen LogP contribution >= 0.6 is 11.3 Å². The number of thiophene rings is 1. The minimum Gasteiger partial charge on any atom is -0.357 e. The lowest BCUT2D eigenvalue weighted by Crippen LogP contribution is -2.39. The van der Waals surface area contributed by atoms with E-state index < -0.39 is 9.84 Å². The highest BCUT2D eigenvalue weighted by Gasteiger charge is 2.16. The van der Waals surface area contributed by atoms with Crippen LogP contribution in [0.3, 0.4) is 0 Å². The molecule has 6 nitrogen and oxygen atoms in total. The zero-order valence-electron chi connectivity index (χ0n) is 17.1. The van der Waals surface area contributed by atoms with E-state index in [1.165, 1.54) is 16.7 Å². The standard InChI is InChI=1S/C21H30N4O2S2/c1-3-22-21(23-11-8-17-4-6-19(7-5-17)29(2,26)27)24-12-14-25-13-9-20-18(16-25)10-15-28-20/h4-7,10,15H,3,8-9,11-14,16H2,1-2H3,(H2,22,23,24). The molecule has 3 rings (SSSR count). The van der Waals surface area contributed by atoms with Gasteiger partial charge in [-0.2, -0.15) is 0 Å². The number of hydrogen-bond acceptors (Lipinski definition) is 5. The Balaban J connectivity index is 1.44. The van der Waals surface area contributed by atoms with Gasteiger partial charge in [0, 0.05) is 43.9 Å². The van der Waals surface area contributed by atoms with E-state index in [2.05, 4.69) is 33.9 Å². The van der Waals surface area contributed by atoms with Crippen LogP contribution in [0.1, 0.15) is 22.9 Å². The molecule has 0 bridgehead atoms. The van der Waals surface area contributed by atoms with Crippen LogP contribution in [0.4, 0.5) is 0 Å². The van der Waals surface area contributed by atoms with E-state index in [9.17, 15) is 8.42 Å². The van der Waals surface area contributed by atoms with Crippen LogP contribution in [-0.4, -0.2) is 58.3 Å². The third-order valence-electron chi connectivity index (χ3n) is 4.97.